The molecular formula is C11H19F3N2O3. The van der Waals surface area contributed by atoms with Crippen LogP contribution in [0, 0.1) is 0 Å². The van der Waals surface area contributed by atoms with E-state index in [1.807, 2.05) is 0 Å². The number of hydrogen-bond donors (Lipinski definition) is 3. The highest BCUT2D eigenvalue weighted by Gasteiger charge is 2.47. The molecule has 2 unspecified atom stereocenters. The minimum atomic E-state index is -4.38. The van der Waals surface area contributed by atoms with Crippen LogP contribution < -0.4 is 5.32 Å². The fourth-order valence-electron chi connectivity index (χ4n) is 2.38. The van der Waals surface area contributed by atoms with E-state index in [9.17, 15) is 23.1 Å². The first kappa shape index (κ1) is 16.0. The van der Waals surface area contributed by atoms with Crippen molar-refractivity contribution < 1.29 is 28.2 Å². The van der Waals surface area contributed by atoms with Gasteiger partial charge in [0.05, 0.1) is 5.60 Å². The molecule has 0 spiro atoms. The molecule has 1 aliphatic heterocycles. The molecule has 1 fully saturated rings. The summed E-state index contributed by atoms with van der Waals surface area (Å²) in [6.45, 7) is 2.64. The Morgan fingerprint density at radius 1 is 1.37 bits per heavy atom. The number of carbonyl (C=O) groups is 1. The lowest BCUT2D eigenvalue weighted by Crippen LogP contribution is -2.59. The Labute approximate surface area is 109 Å². The van der Waals surface area contributed by atoms with Gasteiger partial charge in [-0.1, -0.05) is 0 Å². The minimum absolute atomic E-state index is 0.0551. The average molecular weight is 284 g/mol. The second-order valence-electron chi connectivity index (χ2n) is 5.52. The van der Waals surface area contributed by atoms with Crippen molar-refractivity contribution in [2.45, 2.75) is 50.6 Å². The number of hydrogen-bond acceptors (Lipinski definition) is 3. The van der Waals surface area contributed by atoms with E-state index in [0.717, 1.165) is 4.90 Å². The van der Waals surface area contributed by atoms with Gasteiger partial charge in [-0.25, -0.2) is 4.79 Å². The highest BCUT2D eigenvalue weighted by atomic mass is 19.4. The average Bonchev–Trinajstić information content (AvgIpc) is 2.11. The van der Waals surface area contributed by atoms with Crippen LogP contribution in [0.3, 0.4) is 0 Å². The Balaban J connectivity index is 2.77. The van der Waals surface area contributed by atoms with Gasteiger partial charge in [-0.3, -0.25) is 4.90 Å². The van der Waals surface area contributed by atoms with Crippen molar-refractivity contribution >= 4 is 6.09 Å². The quantitative estimate of drug-likeness (QED) is 0.733. The van der Waals surface area contributed by atoms with Crippen LogP contribution in [0.4, 0.5) is 18.0 Å². The maximum Gasteiger partial charge on any atom is 0.404 e. The fraction of sp³-hybridized carbons (Fsp3) is 0.909. The number of halogens is 3. The summed E-state index contributed by atoms with van der Waals surface area (Å²) in [7, 11) is 0. The van der Waals surface area contributed by atoms with Crippen molar-refractivity contribution in [2.75, 3.05) is 13.1 Å². The van der Waals surface area contributed by atoms with Gasteiger partial charge < -0.3 is 15.5 Å². The SMILES string of the molecule is CC(C)(O)CN1CC(NC(=O)O)CCC1C(F)(F)F. The van der Waals surface area contributed by atoms with Gasteiger partial charge in [0, 0.05) is 19.1 Å². The van der Waals surface area contributed by atoms with Gasteiger partial charge in [-0.05, 0) is 26.7 Å². The van der Waals surface area contributed by atoms with Gasteiger partial charge in [0.25, 0.3) is 0 Å². The number of piperidine rings is 1. The summed E-state index contributed by atoms with van der Waals surface area (Å²) in [6.07, 6.45) is -5.67. The summed E-state index contributed by atoms with van der Waals surface area (Å²) >= 11 is 0. The second kappa shape index (κ2) is 5.54. The molecule has 8 heteroatoms. The molecular weight excluding hydrogens is 265 g/mol. The molecule has 0 bridgehead atoms. The largest absolute Gasteiger partial charge is 0.465 e. The predicted molar refractivity (Wildman–Crippen MR) is 61.9 cm³/mol. The number of alkyl halides is 3. The zero-order valence-corrected chi connectivity index (χ0v) is 10.9. The van der Waals surface area contributed by atoms with E-state index in [2.05, 4.69) is 5.32 Å². The summed E-state index contributed by atoms with van der Waals surface area (Å²) in [6, 6.07) is -2.18. The van der Waals surface area contributed by atoms with Crippen LogP contribution in [-0.4, -0.2) is 58.2 Å². The smallest absolute Gasteiger partial charge is 0.404 e. The normalized spacial score (nSPS) is 26.2. The number of nitrogens with zero attached hydrogens (tertiary/aromatic N) is 1. The Kier molecular flexibility index (Phi) is 4.67. The lowest BCUT2D eigenvalue weighted by atomic mass is 9.95. The minimum Gasteiger partial charge on any atom is -0.465 e. The summed E-state index contributed by atoms with van der Waals surface area (Å²) in [5.41, 5.74) is -1.27. The van der Waals surface area contributed by atoms with Crippen LogP contribution in [0.2, 0.25) is 0 Å². The molecule has 1 heterocycles. The van der Waals surface area contributed by atoms with Crippen LogP contribution in [0.1, 0.15) is 26.7 Å². The van der Waals surface area contributed by atoms with Crippen LogP contribution in [0.25, 0.3) is 0 Å². The van der Waals surface area contributed by atoms with Crippen molar-refractivity contribution in [3.63, 3.8) is 0 Å². The van der Waals surface area contributed by atoms with Crippen molar-refractivity contribution in [3.05, 3.63) is 0 Å². The van der Waals surface area contributed by atoms with Crippen molar-refractivity contribution in [3.8, 4) is 0 Å². The molecule has 5 nitrogen and oxygen atoms in total. The van der Waals surface area contributed by atoms with Gasteiger partial charge in [0.1, 0.15) is 6.04 Å². The summed E-state index contributed by atoms with van der Waals surface area (Å²) in [5, 5.41) is 20.5. The fourth-order valence-corrected chi connectivity index (χ4v) is 2.38. The third-order valence-electron chi connectivity index (χ3n) is 2.98. The number of likely N-dealkylation sites (tertiary alicyclic amines) is 1. The van der Waals surface area contributed by atoms with Crippen LogP contribution >= 0.6 is 0 Å². The van der Waals surface area contributed by atoms with Crippen LogP contribution in [0.15, 0.2) is 0 Å². The van der Waals surface area contributed by atoms with Crippen LogP contribution in [0.5, 0.6) is 0 Å². The number of β-amino-alcohol motifs (C(OH)–C–C–N with tert-alkyl or cyclic N) is 1. The molecule has 0 aliphatic carbocycles. The van der Waals surface area contributed by atoms with E-state index >= 15 is 0 Å². The van der Waals surface area contributed by atoms with Crippen molar-refractivity contribution in [2.24, 2.45) is 0 Å². The lowest BCUT2D eigenvalue weighted by Gasteiger charge is -2.42. The molecule has 0 aromatic carbocycles. The number of aliphatic hydroxyl groups is 1. The van der Waals surface area contributed by atoms with Gasteiger partial charge >= 0.3 is 12.3 Å². The number of rotatable bonds is 3. The van der Waals surface area contributed by atoms with Crippen molar-refractivity contribution in [1.82, 2.24) is 10.2 Å². The molecule has 2 atom stereocenters. The zero-order valence-electron chi connectivity index (χ0n) is 10.9. The third-order valence-corrected chi connectivity index (χ3v) is 2.98. The number of nitrogens with one attached hydrogen (secondary N) is 1. The summed E-state index contributed by atoms with van der Waals surface area (Å²) < 4.78 is 38.7. The summed E-state index contributed by atoms with van der Waals surface area (Å²) in [5.74, 6) is 0. The molecule has 112 valence electrons. The molecule has 0 aromatic heterocycles. The molecule has 0 saturated carbocycles. The molecule has 1 aliphatic rings. The molecule has 1 amide bonds. The van der Waals surface area contributed by atoms with Crippen molar-refractivity contribution in [1.29, 1.82) is 0 Å². The van der Waals surface area contributed by atoms with E-state index in [1.165, 1.54) is 13.8 Å². The van der Waals surface area contributed by atoms with Gasteiger partial charge in [0.2, 0.25) is 0 Å². The first-order chi connectivity index (χ1) is 8.49. The summed E-state index contributed by atoms with van der Waals surface area (Å²) in [4.78, 5) is 11.6. The molecule has 1 rings (SSSR count). The molecule has 0 aromatic rings. The molecule has 0 radical (unpaired) electrons. The standard InChI is InChI=1S/C11H19F3N2O3/c1-10(2,19)6-16-5-7(15-9(17)18)3-4-8(16)11(12,13)14/h7-8,15,19H,3-6H2,1-2H3,(H,17,18). The van der Waals surface area contributed by atoms with E-state index in [1.54, 1.807) is 0 Å². The maximum atomic E-state index is 12.9. The highest BCUT2D eigenvalue weighted by Crippen LogP contribution is 2.32. The third kappa shape index (κ3) is 5.23. The maximum absolute atomic E-state index is 12.9. The van der Waals surface area contributed by atoms with Gasteiger partial charge in [-0.15, -0.1) is 0 Å². The molecule has 3 N–H and O–H groups in total. The van der Waals surface area contributed by atoms with E-state index < -0.39 is 30.0 Å². The predicted octanol–water partition coefficient (Wildman–Crippen LogP) is 1.42. The number of carboxylic acid groups (broad SMARTS) is 1. The molecule has 1 saturated heterocycles. The van der Waals surface area contributed by atoms with E-state index in [4.69, 9.17) is 5.11 Å². The van der Waals surface area contributed by atoms with Gasteiger partial charge in [-0.2, -0.15) is 13.2 Å². The Morgan fingerprint density at radius 3 is 2.37 bits per heavy atom. The highest BCUT2D eigenvalue weighted by molar-refractivity contribution is 5.64. The van der Waals surface area contributed by atoms with E-state index in [0.29, 0.717) is 0 Å². The number of amides is 1. The molecule has 19 heavy (non-hydrogen) atoms. The first-order valence-electron chi connectivity index (χ1n) is 6.01. The Morgan fingerprint density at radius 2 is 1.95 bits per heavy atom. The van der Waals surface area contributed by atoms with Gasteiger partial charge in [0.15, 0.2) is 0 Å². The second-order valence-corrected chi connectivity index (χ2v) is 5.52. The van der Waals surface area contributed by atoms with E-state index in [-0.39, 0.29) is 25.9 Å². The lowest BCUT2D eigenvalue weighted by molar-refractivity contribution is -0.198. The topological polar surface area (TPSA) is 72.8 Å². The first-order valence-corrected chi connectivity index (χ1v) is 6.01. The Hall–Kier alpha value is -1.02. The Bertz CT molecular complexity index is 328. The van der Waals surface area contributed by atoms with Crippen LogP contribution in [-0.2, 0) is 0 Å². The zero-order chi connectivity index (χ0) is 14.8. The monoisotopic (exact) mass is 284 g/mol.